The van der Waals surface area contributed by atoms with E-state index in [1.165, 1.54) is 28.1 Å². The predicted molar refractivity (Wildman–Crippen MR) is 86.5 cm³/mol. The maximum absolute atomic E-state index is 13.7. The first kappa shape index (κ1) is 16.4. The highest BCUT2D eigenvalue weighted by Crippen LogP contribution is 2.08. The molecule has 0 atom stereocenters. The summed E-state index contributed by atoms with van der Waals surface area (Å²) in [5.41, 5.74) is 4.17. The summed E-state index contributed by atoms with van der Waals surface area (Å²) in [5, 5.41) is 18.5. The maximum atomic E-state index is 13.7. The van der Waals surface area contributed by atoms with Crippen LogP contribution in [0.25, 0.3) is 5.69 Å². The second-order valence-electron chi connectivity index (χ2n) is 5.10. The Kier molecular flexibility index (Phi) is 4.88. The lowest BCUT2D eigenvalue weighted by atomic mass is 10.1. The molecule has 0 saturated heterocycles. The third kappa shape index (κ3) is 3.91. The van der Waals surface area contributed by atoms with Crippen molar-refractivity contribution in [3.05, 3.63) is 53.9 Å². The molecule has 0 aliphatic rings. The molecule has 3 aromatic rings. The second-order valence-corrected chi connectivity index (χ2v) is 5.10. The van der Waals surface area contributed by atoms with E-state index in [9.17, 15) is 9.18 Å². The Balaban J connectivity index is 1.55. The van der Waals surface area contributed by atoms with Crippen molar-refractivity contribution in [3.63, 3.8) is 0 Å². The van der Waals surface area contributed by atoms with Crippen molar-refractivity contribution < 1.29 is 9.18 Å². The molecule has 0 fully saturated rings. The van der Waals surface area contributed by atoms with E-state index < -0.39 is 5.95 Å². The van der Waals surface area contributed by atoms with Crippen LogP contribution in [-0.2, 0) is 17.8 Å². The number of amides is 1. The van der Waals surface area contributed by atoms with E-state index in [1.807, 2.05) is 0 Å². The monoisotopic (exact) mass is 342 g/mol. The number of benzene rings is 1. The van der Waals surface area contributed by atoms with Crippen molar-refractivity contribution in [2.75, 3.05) is 0 Å². The fourth-order valence-corrected chi connectivity index (χ4v) is 2.14. The average molecular weight is 342 g/mol. The van der Waals surface area contributed by atoms with Gasteiger partial charge < -0.3 is 0 Å². The predicted octanol–water partition coefficient (Wildman–Crippen LogP) is 0.711. The molecule has 25 heavy (non-hydrogen) atoms. The van der Waals surface area contributed by atoms with Crippen LogP contribution in [0.5, 0.6) is 0 Å². The maximum Gasteiger partial charge on any atom is 0.244 e. The minimum Gasteiger partial charge on any atom is -0.273 e. The lowest BCUT2D eigenvalue weighted by Crippen LogP contribution is -2.19. The smallest absolute Gasteiger partial charge is 0.244 e. The van der Waals surface area contributed by atoms with Gasteiger partial charge in [-0.25, -0.2) is 14.8 Å². The first-order valence-corrected chi connectivity index (χ1v) is 7.53. The van der Waals surface area contributed by atoms with Gasteiger partial charge >= 0.3 is 0 Å². The number of halogens is 1. The van der Waals surface area contributed by atoms with Gasteiger partial charge in [-0.2, -0.15) is 14.6 Å². The first-order valence-electron chi connectivity index (χ1n) is 7.53. The molecule has 0 saturated carbocycles. The summed E-state index contributed by atoms with van der Waals surface area (Å²) in [6.07, 6.45) is 4.21. The Bertz CT molecular complexity index is 870. The zero-order valence-electron chi connectivity index (χ0n) is 13.4. The largest absolute Gasteiger partial charge is 0.273 e. The molecule has 1 amide bonds. The molecular formula is C15H15FN8O. The van der Waals surface area contributed by atoms with Crippen molar-refractivity contribution in [2.45, 2.75) is 19.9 Å². The lowest BCUT2D eigenvalue weighted by Gasteiger charge is -2.03. The molecule has 0 unspecified atom stereocenters. The molecule has 128 valence electrons. The van der Waals surface area contributed by atoms with Crippen molar-refractivity contribution in [1.82, 2.24) is 35.4 Å². The number of nitrogens with zero attached hydrogens (tertiary/aromatic N) is 7. The first-order chi connectivity index (χ1) is 12.2. The van der Waals surface area contributed by atoms with Crippen molar-refractivity contribution in [2.24, 2.45) is 5.10 Å². The Morgan fingerprint density at radius 2 is 2.16 bits per heavy atom. The van der Waals surface area contributed by atoms with Crippen molar-refractivity contribution in [1.29, 1.82) is 0 Å². The number of nitrogens with one attached hydrogen (secondary N) is 1. The molecule has 2 heterocycles. The number of tetrazole rings is 1. The van der Waals surface area contributed by atoms with Crippen LogP contribution in [-0.4, -0.2) is 42.1 Å². The number of rotatable bonds is 6. The van der Waals surface area contributed by atoms with Gasteiger partial charge in [-0.05, 0) is 35.0 Å². The van der Waals surface area contributed by atoms with E-state index in [1.54, 1.807) is 31.2 Å². The van der Waals surface area contributed by atoms with Crippen LogP contribution in [0.15, 0.2) is 41.9 Å². The van der Waals surface area contributed by atoms with Gasteiger partial charge in [0.05, 0.1) is 30.1 Å². The van der Waals surface area contributed by atoms with Gasteiger partial charge in [0.25, 0.3) is 0 Å². The Hall–Kier alpha value is -3.43. The fraction of sp³-hybridized carbons (Fsp3) is 0.200. The molecule has 0 spiro atoms. The number of aromatic nitrogens is 6. The van der Waals surface area contributed by atoms with Gasteiger partial charge in [0, 0.05) is 6.54 Å². The number of hydrogen-bond acceptors (Lipinski definition) is 6. The van der Waals surface area contributed by atoms with Crippen LogP contribution < -0.4 is 5.43 Å². The van der Waals surface area contributed by atoms with Crippen molar-refractivity contribution >= 4 is 12.1 Å². The molecule has 1 N–H and O–H groups in total. The zero-order valence-corrected chi connectivity index (χ0v) is 13.4. The number of aryl methyl sites for hydroxylation is 1. The molecular weight excluding hydrogens is 327 g/mol. The fourth-order valence-electron chi connectivity index (χ4n) is 2.14. The molecule has 1 aromatic carbocycles. The standard InChI is InChI=1S/C15H15FN8O/c1-2-23-15(16)12(9-19-23)8-17-20-14(25)7-11-3-5-13(6-4-11)24-10-18-21-22-24/h3-6,8-10H,2,7H2,1H3,(H,20,25)/b17-8+. The minimum absolute atomic E-state index is 0.143. The summed E-state index contributed by atoms with van der Waals surface area (Å²) in [6.45, 7) is 2.20. The highest BCUT2D eigenvalue weighted by Gasteiger charge is 2.07. The third-order valence-corrected chi connectivity index (χ3v) is 3.41. The Labute approximate surface area is 142 Å². The van der Waals surface area contributed by atoms with E-state index in [0.29, 0.717) is 6.54 Å². The quantitative estimate of drug-likeness (QED) is 0.525. The summed E-state index contributed by atoms with van der Waals surface area (Å²) >= 11 is 0. The lowest BCUT2D eigenvalue weighted by molar-refractivity contribution is -0.120. The molecule has 0 radical (unpaired) electrons. The average Bonchev–Trinajstić information content (AvgIpc) is 3.26. The second kappa shape index (κ2) is 7.43. The Morgan fingerprint density at radius 3 is 2.80 bits per heavy atom. The third-order valence-electron chi connectivity index (χ3n) is 3.41. The molecule has 3 rings (SSSR count). The summed E-state index contributed by atoms with van der Waals surface area (Å²) in [7, 11) is 0. The van der Waals surface area contributed by atoms with Gasteiger partial charge in [-0.3, -0.25) is 4.79 Å². The van der Waals surface area contributed by atoms with Crippen LogP contribution in [0.1, 0.15) is 18.1 Å². The molecule has 0 bridgehead atoms. The Morgan fingerprint density at radius 1 is 1.36 bits per heavy atom. The normalized spacial score (nSPS) is 11.1. The van der Waals surface area contributed by atoms with E-state index in [-0.39, 0.29) is 17.9 Å². The highest BCUT2D eigenvalue weighted by molar-refractivity contribution is 5.83. The van der Waals surface area contributed by atoms with Gasteiger partial charge in [0.1, 0.15) is 6.33 Å². The van der Waals surface area contributed by atoms with Crippen LogP contribution >= 0.6 is 0 Å². The molecule has 10 heteroatoms. The van der Waals surface area contributed by atoms with E-state index in [0.717, 1.165) is 11.3 Å². The SMILES string of the molecule is CCn1ncc(/C=N/NC(=O)Cc2ccc(-n3cnnn3)cc2)c1F. The molecule has 0 aliphatic carbocycles. The van der Waals surface area contributed by atoms with E-state index >= 15 is 0 Å². The van der Waals surface area contributed by atoms with Gasteiger partial charge in [0.2, 0.25) is 11.9 Å². The van der Waals surface area contributed by atoms with Gasteiger partial charge in [0.15, 0.2) is 0 Å². The van der Waals surface area contributed by atoms with E-state index in [4.69, 9.17) is 0 Å². The number of hydrogen-bond donors (Lipinski definition) is 1. The van der Waals surface area contributed by atoms with Crippen LogP contribution in [0.4, 0.5) is 4.39 Å². The van der Waals surface area contributed by atoms with Gasteiger partial charge in [-0.15, -0.1) is 5.10 Å². The van der Waals surface area contributed by atoms with Crippen LogP contribution in [0, 0.1) is 5.95 Å². The summed E-state index contributed by atoms with van der Waals surface area (Å²) in [5.74, 6) is -0.798. The van der Waals surface area contributed by atoms with Crippen LogP contribution in [0.2, 0.25) is 0 Å². The summed E-state index contributed by atoms with van der Waals surface area (Å²) in [4.78, 5) is 11.9. The molecule has 0 aliphatic heterocycles. The van der Waals surface area contributed by atoms with Crippen LogP contribution in [0.3, 0.4) is 0 Å². The highest BCUT2D eigenvalue weighted by atomic mass is 19.1. The molecule has 2 aromatic heterocycles. The zero-order chi connectivity index (χ0) is 17.6. The van der Waals surface area contributed by atoms with Gasteiger partial charge in [-0.1, -0.05) is 12.1 Å². The minimum atomic E-state index is -0.487. The van der Waals surface area contributed by atoms with Crippen molar-refractivity contribution in [3.8, 4) is 5.69 Å². The van der Waals surface area contributed by atoms with E-state index in [2.05, 4.69) is 31.2 Å². The summed E-state index contributed by atoms with van der Waals surface area (Å²) in [6, 6.07) is 7.20. The molecule has 9 nitrogen and oxygen atoms in total. The number of carbonyl (C=O) groups excluding carboxylic acids is 1. The number of carbonyl (C=O) groups is 1. The topological polar surface area (TPSA) is 103 Å². The summed E-state index contributed by atoms with van der Waals surface area (Å²) < 4.78 is 16.5. The number of hydrazone groups is 1.